The number of hydrogen-bond acceptors (Lipinski definition) is 5. The summed E-state index contributed by atoms with van der Waals surface area (Å²) in [6.45, 7) is 0.364. The molecule has 5 heteroatoms. The van der Waals surface area contributed by atoms with Crippen LogP contribution in [0.2, 0.25) is 0 Å². The molecule has 5 nitrogen and oxygen atoms in total. The maximum absolute atomic E-state index is 10.7. The van der Waals surface area contributed by atoms with Crippen molar-refractivity contribution in [1.82, 2.24) is 0 Å². The molecule has 2 saturated heterocycles. The van der Waals surface area contributed by atoms with E-state index in [0.717, 1.165) is 11.1 Å². The van der Waals surface area contributed by atoms with Gasteiger partial charge in [-0.3, -0.25) is 0 Å². The summed E-state index contributed by atoms with van der Waals surface area (Å²) in [5.41, 5.74) is 1.88. The van der Waals surface area contributed by atoms with Crippen molar-refractivity contribution in [3.05, 3.63) is 77.5 Å². The fourth-order valence-corrected chi connectivity index (χ4v) is 3.40. The van der Waals surface area contributed by atoms with Gasteiger partial charge in [0, 0.05) is 12.7 Å². The summed E-state index contributed by atoms with van der Waals surface area (Å²) in [7, 11) is 1.58. The van der Waals surface area contributed by atoms with E-state index in [1.54, 1.807) is 7.11 Å². The zero-order valence-corrected chi connectivity index (χ0v) is 14.5. The minimum atomic E-state index is -0.907. The SMILES string of the molecule is CO[C@@H]1[C@@H]2O[C@H](c3ccccc3)OC[C@H]2O/C(=C\c2ccccc2)[C@H]1O. The van der Waals surface area contributed by atoms with E-state index in [0.29, 0.717) is 12.4 Å². The fraction of sp³-hybridized carbons (Fsp3) is 0.333. The first-order valence-electron chi connectivity index (χ1n) is 8.72. The van der Waals surface area contributed by atoms with Crippen molar-refractivity contribution in [2.45, 2.75) is 30.7 Å². The van der Waals surface area contributed by atoms with Gasteiger partial charge in [0.05, 0.1) is 6.61 Å². The molecule has 0 aliphatic carbocycles. The second kappa shape index (κ2) is 7.60. The van der Waals surface area contributed by atoms with Crippen LogP contribution >= 0.6 is 0 Å². The molecule has 2 heterocycles. The number of ether oxygens (including phenoxy) is 4. The first kappa shape index (κ1) is 17.2. The van der Waals surface area contributed by atoms with Crippen LogP contribution < -0.4 is 0 Å². The van der Waals surface area contributed by atoms with Gasteiger partial charge >= 0.3 is 0 Å². The lowest BCUT2D eigenvalue weighted by Crippen LogP contribution is -2.57. The number of benzene rings is 2. The maximum atomic E-state index is 10.7. The molecule has 2 aromatic rings. The quantitative estimate of drug-likeness (QED) is 0.918. The van der Waals surface area contributed by atoms with Crippen molar-refractivity contribution in [1.29, 1.82) is 0 Å². The van der Waals surface area contributed by atoms with Crippen molar-refractivity contribution in [3.63, 3.8) is 0 Å². The molecule has 136 valence electrons. The normalized spacial score (nSPS) is 32.7. The highest BCUT2D eigenvalue weighted by Crippen LogP contribution is 2.36. The van der Waals surface area contributed by atoms with Crippen molar-refractivity contribution in [3.8, 4) is 0 Å². The smallest absolute Gasteiger partial charge is 0.184 e. The standard InChI is InChI=1S/C21H22O5/c1-23-20-18(22)16(12-14-8-4-2-5-9-14)25-17-13-24-21(26-19(17)20)15-10-6-3-7-11-15/h2-12,17-22H,13H2,1H3/b16-12-/t17-,18-,19-,20+,21-/m1/s1. The van der Waals surface area contributed by atoms with Gasteiger partial charge in [-0.15, -0.1) is 0 Å². The summed E-state index contributed by atoms with van der Waals surface area (Å²) in [5.74, 6) is 0.467. The second-order valence-corrected chi connectivity index (χ2v) is 6.44. The Bertz CT molecular complexity index is 746. The number of methoxy groups -OCH3 is 1. The van der Waals surface area contributed by atoms with E-state index in [1.165, 1.54) is 0 Å². The molecule has 0 unspecified atom stereocenters. The zero-order valence-electron chi connectivity index (χ0n) is 14.5. The monoisotopic (exact) mass is 354 g/mol. The van der Waals surface area contributed by atoms with Crippen LogP contribution in [0.5, 0.6) is 0 Å². The molecule has 1 N–H and O–H groups in total. The van der Waals surface area contributed by atoms with Gasteiger partial charge < -0.3 is 24.1 Å². The predicted octanol–water partition coefficient (Wildman–Crippen LogP) is 2.92. The summed E-state index contributed by atoms with van der Waals surface area (Å²) in [6, 6.07) is 19.5. The van der Waals surface area contributed by atoms with E-state index in [1.807, 2.05) is 66.7 Å². The molecule has 26 heavy (non-hydrogen) atoms. The first-order chi connectivity index (χ1) is 12.8. The third kappa shape index (κ3) is 3.39. The van der Waals surface area contributed by atoms with Crippen LogP contribution in [0.1, 0.15) is 17.4 Å². The average Bonchev–Trinajstić information content (AvgIpc) is 2.70. The molecule has 0 bridgehead atoms. The van der Waals surface area contributed by atoms with Crippen LogP contribution in [0.15, 0.2) is 66.4 Å². The fourth-order valence-electron chi connectivity index (χ4n) is 3.40. The highest BCUT2D eigenvalue weighted by molar-refractivity contribution is 5.52. The van der Waals surface area contributed by atoms with Gasteiger partial charge in [-0.2, -0.15) is 0 Å². The van der Waals surface area contributed by atoms with Crippen LogP contribution in [0, 0.1) is 0 Å². The zero-order chi connectivity index (χ0) is 17.9. The van der Waals surface area contributed by atoms with Crippen LogP contribution in [0.25, 0.3) is 6.08 Å². The summed E-state index contributed by atoms with van der Waals surface area (Å²) in [6.07, 6.45) is -0.851. The van der Waals surface area contributed by atoms with Crippen molar-refractivity contribution >= 4 is 6.08 Å². The van der Waals surface area contributed by atoms with Crippen LogP contribution in [0.4, 0.5) is 0 Å². The minimum absolute atomic E-state index is 0.335. The molecular formula is C21H22O5. The average molecular weight is 354 g/mol. The van der Waals surface area contributed by atoms with Crippen LogP contribution in [-0.2, 0) is 18.9 Å². The van der Waals surface area contributed by atoms with Gasteiger partial charge in [0.2, 0.25) is 0 Å². The number of hydrogen-bond donors (Lipinski definition) is 1. The molecule has 0 aromatic heterocycles. The number of rotatable bonds is 3. The summed E-state index contributed by atoms with van der Waals surface area (Å²) < 4.78 is 23.5. The first-order valence-corrected chi connectivity index (χ1v) is 8.72. The largest absolute Gasteiger partial charge is 0.487 e. The molecule has 0 saturated carbocycles. The van der Waals surface area contributed by atoms with Crippen molar-refractivity contribution in [2.75, 3.05) is 13.7 Å². The second-order valence-electron chi connectivity index (χ2n) is 6.44. The molecule has 5 atom stereocenters. The van der Waals surface area contributed by atoms with Gasteiger partial charge in [-0.1, -0.05) is 60.7 Å². The topological polar surface area (TPSA) is 57.2 Å². The lowest BCUT2D eigenvalue weighted by molar-refractivity contribution is -0.304. The van der Waals surface area contributed by atoms with Gasteiger partial charge in [-0.25, -0.2) is 0 Å². The number of aliphatic hydroxyl groups is 1. The van der Waals surface area contributed by atoms with E-state index in [4.69, 9.17) is 18.9 Å². The van der Waals surface area contributed by atoms with E-state index in [2.05, 4.69) is 0 Å². The molecule has 2 aliphatic heterocycles. The van der Waals surface area contributed by atoms with Gasteiger partial charge in [-0.05, 0) is 11.6 Å². The lowest BCUT2D eigenvalue weighted by Gasteiger charge is -2.45. The highest BCUT2D eigenvalue weighted by Gasteiger charge is 2.48. The van der Waals surface area contributed by atoms with Crippen molar-refractivity contribution < 1.29 is 24.1 Å². The molecular weight excluding hydrogens is 332 g/mol. The van der Waals surface area contributed by atoms with E-state index in [-0.39, 0.29) is 6.10 Å². The van der Waals surface area contributed by atoms with Gasteiger partial charge in [0.25, 0.3) is 0 Å². The summed E-state index contributed by atoms with van der Waals surface area (Å²) >= 11 is 0. The molecule has 0 spiro atoms. The Morgan fingerprint density at radius 2 is 1.73 bits per heavy atom. The Labute approximate surface area is 152 Å². The highest BCUT2D eigenvalue weighted by atomic mass is 16.7. The Balaban J connectivity index is 1.56. The third-order valence-corrected chi connectivity index (χ3v) is 4.73. The summed E-state index contributed by atoms with van der Waals surface area (Å²) in [5, 5.41) is 10.7. The number of aliphatic hydroxyl groups excluding tert-OH is 1. The molecule has 2 aliphatic rings. The molecule has 4 rings (SSSR count). The minimum Gasteiger partial charge on any atom is -0.487 e. The van der Waals surface area contributed by atoms with Gasteiger partial charge in [0.15, 0.2) is 12.4 Å². The Morgan fingerprint density at radius 1 is 1.04 bits per heavy atom. The van der Waals surface area contributed by atoms with Gasteiger partial charge in [0.1, 0.15) is 24.1 Å². The predicted molar refractivity (Wildman–Crippen MR) is 96.1 cm³/mol. The Morgan fingerprint density at radius 3 is 2.42 bits per heavy atom. The maximum Gasteiger partial charge on any atom is 0.184 e. The van der Waals surface area contributed by atoms with E-state index in [9.17, 15) is 5.11 Å². The molecule has 0 amide bonds. The van der Waals surface area contributed by atoms with E-state index < -0.39 is 24.6 Å². The lowest BCUT2D eigenvalue weighted by atomic mass is 9.95. The Hall–Kier alpha value is -2.18. The van der Waals surface area contributed by atoms with Crippen LogP contribution in [0.3, 0.4) is 0 Å². The molecule has 2 fully saturated rings. The summed E-state index contributed by atoms with van der Waals surface area (Å²) in [4.78, 5) is 0. The molecule has 2 aromatic carbocycles. The van der Waals surface area contributed by atoms with Crippen LogP contribution in [-0.4, -0.2) is 43.2 Å². The number of fused-ring (bicyclic) bond motifs is 1. The van der Waals surface area contributed by atoms with E-state index >= 15 is 0 Å². The van der Waals surface area contributed by atoms with Crippen molar-refractivity contribution in [2.24, 2.45) is 0 Å². The molecule has 0 radical (unpaired) electrons. The third-order valence-electron chi connectivity index (χ3n) is 4.73. The Kier molecular flexibility index (Phi) is 5.04.